The number of amides is 4. The lowest BCUT2D eigenvalue weighted by Gasteiger charge is -2.50. The summed E-state index contributed by atoms with van der Waals surface area (Å²) in [6.07, 6.45) is 1.99. The van der Waals surface area contributed by atoms with E-state index in [1.165, 1.54) is 17.0 Å². The van der Waals surface area contributed by atoms with Crippen molar-refractivity contribution in [2.24, 2.45) is 17.8 Å². The van der Waals surface area contributed by atoms with Crippen molar-refractivity contribution in [3.05, 3.63) is 90.0 Å². The molecule has 46 heavy (non-hydrogen) atoms. The third-order valence-electron chi connectivity index (χ3n) is 9.88. The van der Waals surface area contributed by atoms with Gasteiger partial charge in [-0.2, -0.15) is 0 Å². The second-order valence-corrected chi connectivity index (χ2v) is 13.9. The predicted octanol–water partition coefficient (Wildman–Crippen LogP) is 6.12. The fourth-order valence-corrected chi connectivity index (χ4v) is 9.26. The normalized spacial score (nSPS) is 30.5. The number of phenols is 1. The number of para-hydroxylation sites is 2. The van der Waals surface area contributed by atoms with Gasteiger partial charge in [0.1, 0.15) is 11.3 Å². The van der Waals surface area contributed by atoms with Crippen LogP contribution in [-0.4, -0.2) is 53.8 Å². The standard InChI is InChI=1S/C34H24BrCl2N3O6/c35-16-39-31(44)33(36)15-23-21(27(34(33,37)32(39)45)18-4-3-5-20(41)14-18)12-13-22-26(23)30(43)40(29(22)42)19-10-8-17(9-11-19)28-38-24-6-1-2-7-25(24)46-28/h1-12,14,22-23,26-27,41H,13,15-16H2. The van der Waals surface area contributed by atoms with Crippen molar-refractivity contribution >= 4 is 79.5 Å². The minimum absolute atomic E-state index is 0.0527. The van der Waals surface area contributed by atoms with E-state index in [2.05, 4.69) is 20.9 Å². The van der Waals surface area contributed by atoms with Crippen LogP contribution in [0.15, 0.2) is 88.9 Å². The van der Waals surface area contributed by atoms with Crippen molar-refractivity contribution in [1.82, 2.24) is 9.88 Å². The summed E-state index contributed by atoms with van der Waals surface area (Å²) in [7, 11) is 0. The number of halogens is 3. The molecule has 3 heterocycles. The highest BCUT2D eigenvalue weighted by atomic mass is 79.9. The van der Waals surface area contributed by atoms with E-state index in [0.29, 0.717) is 33.9 Å². The molecule has 0 bridgehead atoms. The highest BCUT2D eigenvalue weighted by molar-refractivity contribution is 9.09. The number of alkyl halides is 3. The van der Waals surface area contributed by atoms with E-state index in [9.17, 15) is 24.3 Å². The van der Waals surface area contributed by atoms with Gasteiger partial charge in [0.15, 0.2) is 15.3 Å². The summed E-state index contributed by atoms with van der Waals surface area (Å²) < 4.78 is 5.87. The number of aromatic hydroxyl groups is 1. The Hall–Kier alpha value is -3.99. The lowest BCUT2D eigenvalue weighted by Crippen LogP contribution is -2.60. The number of fused-ring (bicyclic) bond motifs is 5. The zero-order valence-corrected chi connectivity index (χ0v) is 27.0. The van der Waals surface area contributed by atoms with Gasteiger partial charge in [0.2, 0.25) is 17.7 Å². The third kappa shape index (κ3) is 3.83. The van der Waals surface area contributed by atoms with Gasteiger partial charge in [-0.1, -0.05) is 51.8 Å². The Bertz CT molecular complexity index is 2000. The van der Waals surface area contributed by atoms with E-state index >= 15 is 0 Å². The molecule has 9 nitrogen and oxygen atoms in total. The molecule has 3 fully saturated rings. The zero-order valence-electron chi connectivity index (χ0n) is 23.9. The summed E-state index contributed by atoms with van der Waals surface area (Å²) in [4.78, 5) is 58.7. The molecule has 4 amide bonds. The first-order valence-corrected chi connectivity index (χ1v) is 16.6. The number of allylic oxidation sites excluding steroid dienone is 2. The Labute approximate surface area is 280 Å². The van der Waals surface area contributed by atoms with Crippen molar-refractivity contribution < 1.29 is 28.7 Å². The van der Waals surface area contributed by atoms with E-state index in [4.69, 9.17) is 27.6 Å². The number of carbonyl (C=O) groups excluding carboxylic acids is 4. The van der Waals surface area contributed by atoms with Crippen LogP contribution < -0.4 is 4.90 Å². The Balaban J connectivity index is 1.18. The van der Waals surface area contributed by atoms with E-state index in [1.54, 1.807) is 36.4 Å². The summed E-state index contributed by atoms with van der Waals surface area (Å²) in [6, 6.07) is 20.6. The molecule has 0 radical (unpaired) electrons. The first-order valence-electron chi connectivity index (χ1n) is 14.7. The zero-order chi connectivity index (χ0) is 32.1. The molecular weight excluding hydrogens is 697 g/mol. The van der Waals surface area contributed by atoms with Crippen LogP contribution in [0.4, 0.5) is 5.69 Å². The molecule has 4 aliphatic rings. The molecule has 2 saturated heterocycles. The van der Waals surface area contributed by atoms with Crippen molar-refractivity contribution in [3.63, 3.8) is 0 Å². The highest BCUT2D eigenvalue weighted by Gasteiger charge is 2.76. The molecule has 2 aliphatic heterocycles. The van der Waals surface area contributed by atoms with E-state index < -0.39 is 51.1 Å². The summed E-state index contributed by atoms with van der Waals surface area (Å²) >= 11 is 17.7. The SMILES string of the molecule is O=C1C2CC=C3C(CC4(Cl)C(=O)N(CBr)C(=O)C4(Cl)C3c3cccc(O)c3)C2C(=O)N1c1ccc(-c2nc3ccccc3o2)cc1. The number of aromatic nitrogens is 1. The molecule has 6 atom stereocenters. The molecule has 0 spiro atoms. The molecule has 4 aromatic rings. The molecule has 1 aromatic heterocycles. The fraction of sp³-hybridized carbons (Fsp3) is 0.265. The number of imide groups is 2. The van der Waals surface area contributed by atoms with Crippen LogP contribution in [0, 0.1) is 17.8 Å². The van der Waals surface area contributed by atoms with Gasteiger partial charge in [-0.05, 0) is 72.9 Å². The van der Waals surface area contributed by atoms with Crippen molar-refractivity contribution in [3.8, 4) is 17.2 Å². The average molecular weight is 721 g/mol. The van der Waals surface area contributed by atoms with Crippen molar-refractivity contribution in [2.45, 2.75) is 28.5 Å². The second kappa shape index (κ2) is 10.3. The number of likely N-dealkylation sites (tertiary alicyclic amines) is 1. The van der Waals surface area contributed by atoms with E-state index in [1.807, 2.05) is 30.3 Å². The van der Waals surface area contributed by atoms with E-state index in [0.717, 1.165) is 10.4 Å². The number of hydrogen-bond acceptors (Lipinski definition) is 7. The van der Waals surface area contributed by atoms with Crippen LogP contribution in [0.25, 0.3) is 22.6 Å². The maximum absolute atomic E-state index is 14.3. The minimum atomic E-state index is -1.92. The largest absolute Gasteiger partial charge is 0.508 e. The number of hydrogen-bond donors (Lipinski definition) is 1. The van der Waals surface area contributed by atoms with Crippen LogP contribution in [0.1, 0.15) is 24.3 Å². The smallest absolute Gasteiger partial charge is 0.254 e. The van der Waals surface area contributed by atoms with Gasteiger partial charge in [0, 0.05) is 11.5 Å². The molecule has 12 heteroatoms. The second-order valence-electron chi connectivity index (χ2n) is 12.1. The third-order valence-corrected chi connectivity index (χ3v) is 11.8. The van der Waals surface area contributed by atoms with Crippen molar-refractivity contribution in [1.29, 1.82) is 0 Å². The van der Waals surface area contributed by atoms with Crippen LogP contribution in [0.5, 0.6) is 5.75 Å². The number of anilines is 1. The van der Waals surface area contributed by atoms with Gasteiger partial charge >= 0.3 is 0 Å². The Morgan fingerprint density at radius 2 is 1.70 bits per heavy atom. The molecule has 1 N–H and O–H groups in total. The van der Waals surface area contributed by atoms with Gasteiger partial charge in [0.25, 0.3) is 11.8 Å². The monoisotopic (exact) mass is 719 g/mol. The summed E-state index contributed by atoms with van der Waals surface area (Å²) in [5, 5.41) is 10.4. The molecule has 232 valence electrons. The van der Waals surface area contributed by atoms with Crippen LogP contribution >= 0.6 is 39.1 Å². The fourth-order valence-electron chi connectivity index (χ4n) is 7.83. The summed E-state index contributed by atoms with van der Waals surface area (Å²) in [5.41, 5.74) is 3.48. The minimum Gasteiger partial charge on any atom is -0.508 e. The molecule has 3 aromatic carbocycles. The lowest BCUT2D eigenvalue weighted by atomic mass is 9.56. The predicted molar refractivity (Wildman–Crippen MR) is 173 cm³/mol. The Kier molecular flexibility index (Phi) is 6.56. The van der Waals surface area contributed by atoms with Gasteiger partial charge in [-0.3, -0.25) is 29.0 Å². The lowest BCUT2D eigenvalue weighted by molar-refractivity contribution is -0.138. The maximum atomic E-state index is 14.3. The van der Waals surface area contributed by atoms with E-state index in [-0.39, 0.29) is 30.0 Å². The first kappa shape index (κ1) is 29.4. The molecule has 6 unspecified atom stereocenters. The van der Waals surface area contributed by atoms with Crippen LogP contribution in [0.2, 0.25) is 0 Å². The molecule has 2 aliphatic carbocycles. The molecular formula is C34H24BrCl2N3O6. The Morgan fingerprint density at radius 3 is 2.41 bits per heavy atom. The summed E-state index contributed by atoms with van der Waals surface area (Å²) in [5.74, 6) is -4.84. The number of phenolic OH excluding ortho intramolecular Hbond substituents is 1. The topological polar surface area (TPSA) is 121 Å². The number of oxazole rings is 1. The van der Waals surface area contributed by atoms with Gasteiger partial charge in [-0.15, -0.1) is 23.2 Å². The highest BCUT2D eigenvalue weighted by Crippen LogP contribution is 2.65. The van der Waals surface area contributed by atoms with Crippen molar-refractivity contribution in [2.75, 3.05) is 10.4 Å². The molecule has 1 saturated carbocycles. The number of benzene rings is 3. The average Bonchev–Trinajstić information content (AvgIpc) is 3.64. The summed E-state index contributed by atoms with van der Waals surface area (Å²) in [6.45, 7) is 0. The van der Waals surface area contributed by atoms with Crippen LogP contribution in [-0.2, 0) is 19.2 Å². The van der Waals surface area contributed by atoms with Crippen LogP contribution in [0.3, 0.4) is 0 Å². The Morgan fingerprint density at radius 1 is 0.935 bits per heavy atom. The number of carbonyl (C=O) groups is 4. The van der Waals surface area contributed by atoms with Gasteiger partial charge < -0.3 is 9.52 Å². The first-order chi connectivity index (χ1) is 22.1. The number of nitrogens with zero attached hydrogens (tertiary/aromatic N) is 3. The van der Waals surface area contributed by atoms with Gasteiger partial charge in [0.05, 0.1) is 23.0 Å². The maximum Gasteiger partial charge on any atom is 0.254 e. The quantitative estimate of drug-likeness (QED) is 0.117. The van der Waals surface area contributed by atoms with Gasteiger partial charge in [-0.25, -0.2) is 4.98 Å². The number of rotatable bonds is 4. The molecule has 8 rings (SSSR count).